The fraction of sp³-hybridized carbons (Fsp3) is 0.0606. The van der Waals surface area contributed by atoms with Gasteiger partial charge in [0.1, 0.15) is 5.82 Å². The van der Waals surface area contributed by atoms with Crippen molar-refractivity contribution in [1.82, 2.24) is 9.55 Å². The van der Waals surface area contributed by atoms with Gasteiger partial charge in [-0.15, -0.1) is 5.10 Å². The normalized spacial score (nSPS) is 14.8. The summed E-state index contributed by atoms with van der Waals surface area (Å²) in [5.41, 5.74) is 6.08. The Morgan fingerprint density at radius 3 is 2.33 bits per heavy atom. The first-order valence-electron chi connectivity index (χ1n) is 12.9. The molecule has 194 valence electrons. The lowest BCUT2D eigenvalue weighted by Crippen LogP contribution is -2.22. The molecule has 0 N–H and O–H groups in total. The first-order chi connectivity index (χ1) is 19.7. The van der Waals surface area contributed by atoms with Crippen LogP contribution in [0.1, 0.15) is 29.4 Å². The predicted molar refractivity (Wildman–Crippen MR) is 168 cm³/mol. The number of amidine groups is 1. The van der Waals surface area contributed by atoms with Gasteiger partial charge in [-0.1, -0.05) is 103 Å². The van der Waals surface area contributed by atoms with Gasteiger partial charge < -0.3 is 0 Å². The summed E-state index contributed by atoms with van der Waals surface area (Å²) < 4.78 is 1.65. The SMILES string of the molecule is C/C(=N\N=C1\N=C(c2ccccc2)CS1)c1ccc(-n2c(/C=C/c3ccccc3)nc3ccccc3c2=O)cc1. The molecule has 2 heterocycles. The summed E-state index contributed by atoms with van der Waals surface area (Å²) in [7, 11) is 0. The Balaban J connectivity index is 1.31. The Hall–Kier alpha value is -4.88. The van der Waals surface area contributed by atoms with Crippen LogP contribution >= 0.6 is 11.8 Å². The smallest absolute Gasteiger partial charge is 0.266 e. The van der Waals surface area contributed by atoms with E-state index >= 15 is 0 Å². The zero-order chi connectivity index (χ0) is 27.3. The average molecular weight is 540 g/mol. The number of hydrogen-bond acceptors (Lipinski definition) is 5. The first kappa shape index (κ1) is 25.4. The van der Waals surface area contributed by atoms with Crippen LogP contribution < -0.4 is 5.56 Å². The highest BCUT2D eigenvalue weighted by Gasteiger charge is 2.15. The number of benzene rings is 4. The van der Waals surface area contributed by atoms with E-state index in [-0.39, 0.29) is 5.56 Å². The number of aromatic nitrogens is 2. The summed E-state index contributed by atoms with van der Waals surface area (Å²) in [5.74, 6) is 1.34. The van der Waals surface area contributed by atoms with E-state index in [4.69, 9.17) is 4.98 Å². The van der Waals surface area contributed by atoms with Crippen molar-refractivity contribution in [3.8, 4) is 5.69 Å². The van der Waals surface area contributed by atoms with Crippen LogP contribution in [-0.4, -0.2) is 31.9 Å². The third-order valence-electron chi connectivity index (χ3n) is 6.53. The van der Waals surface area contributed by atoms with Crippen molar-refractivity contribution in [1.29, 1.82) is 0 Å². The molecule has 0 saturated heterocycles. The lowest BCUT2D eigenvalue weighted by molar-refractivity contribution is 0.944. The van der Waals surface area contributed by atoms with E-state index in [2.05, 4.69) is 27.3 Å². The van der Waals surface area contributed by atoms with E-state index in [0.29, 0.717) is 21.9 Å². The van der Waals surface area contributed by atoms with Crippen LogP contribution in [0.3, 0.4) is 0 Å². The minimum atomic E-state index is -0.117. The molecule has 0 unspecified atom stereocenters. The molecule has 6 rings (SSSR count). The van der Waals surface area contributed by atoms with E-state index in [1.807, 2.05) is 116 Å². The summed E-state index contributed by atoms with van der Waals surface area (Å²) in [6, 6.07) is 35.2. The van der Waals surface area contributed by atoms with E-state index in [1.54, 1.807) is 16.3 Å². The number of para-hydroxylation sites is 1. The first-order valence-corrected chi connectivity index (χ1v) is 13.9. The lowest BCUT2D eigenvalue weighted by Gasteiger charge is -2.12. The van der Waals surface area contributed by atoms with Crippen LogP contribution in [0.2, 0.25) is 0 Å². The van der Waals surface area contributed by atoms with Crippen LogP contribution in [-0.2, 0) is 0 Å². The van der Waals surface area contributed by atoms with Gasteiger partial charge in [0.2, 0.25) is 5.17 Å². The molecule has 40 heavy (non-hydrogen) atoms. The van der Waals surface area contributed by atoms with Crippen LogP contribution in [0.25, 0.3) is 28.7 Å². The molecule has 1 aliphatic rings. The van der Waals surface area contributed by atoms with E-state index in [0.717, 1.165) is 39.6 Å². The molecular weight excluding hydrogens is 514 g/mol. The van der Waals surface area contributed by atoms with Crippen LogP contribution in [0.4, 0.5) is 0 Å². The number of hydrogen-bond donors (Lipinski definition) is 0. The number of aliphatic imine (C=N–C) groups is 1. The topological polar surface area (TPSA) is 72.0 Å². The second-order valence-corrected chi connectivity index (χ2v) is 10.1. The molecule has 0 spiro atoms. The largest absolute Gasteiger partial charge is 0.268 e. The minimum Gasteiger partial charge on any atom is -0.268 e. The van der Waals surface area contributed by atoms with Crippen LogP contribution in [0, 0.1) is 0 Å². The Morgan fingerprint density at radius 1 is 0.850 bits per heavy atom. The van der Waals surface area contributed by atoms with Gasteiger partial charge in [-0.25, -0.2) is 9.98 Å². The van der Waals surface area contributed by atoms with Crippen molar-refractivity contribution < 1.29 is 0 Å². The maximum atomic E-state index is 13.6. The Bertz CT molecular complexity index is 1860. The van der Waals surface area contributed by atoms with Crippen molar-refractivity contribution in [2.75, 3.05) is 5.75 Å². The maximum absolute atomic E-state index is 13.6. The zero-order valence-electron chi connectivity index (χ0n) is 21.8. The standard InChI is InChI=1S/C33H25N5OS/c1-23(36-37-33-35-30(22-40-33)26-12-6-3-7-13-26)25-17-19-27(20-18-25)38-31(21-16-24-10-4-2-5-11-24)34-29-15-9-8-14-28(29)32(38)39/h2-21H,22H2,1H3/b21-16+,36-23+,37-33-. The van der Waals surface area contributed by atoms with Gasteiger partial charge in [-0.3, -0.25) is 9.36 Å². The molecular formula is C33H25N5OS. The Morgan fingerprint density at radius 2 is 1.55 bits per heavy atom. The number of fused-ring (bicyclic) bond motifs is 1. The number of rotatable bonds is 6. The summed E-state index contributed by atoms with van der Waals surface area (Å²) in [6.45, 7) is 1.91. The second kappa shape index (κ2) is 11.5. The molecule has 0 saturated carbocycles. The summed E-state index contributed by atoms with van der Waals surface area (Å²) in [6.07, 6.45) is 3.84. The number of nitrogens with zero attached hydrogens (tertiary/aromatic N) is 5. The van der Waals surface area contributed by atoms with Gasteiger partial charge in [-0.05, 0) is 54.0 Å². The van der Waals surface area contributed by atoms with Gasteiger partial charge in [0.25, 0.3) is 5.56 Å². The quantitative estimate of drug-likeness (QED) is 0.175. The molecule has 4 aromatic carbocycles. The minimum absolute atomic E-state index is 0.117. The molecule has 0 radical (unpaired) electrons. The molecule has 1 aromatic heterocycles. The van der Waals surface area contributed by atoms with Crippen LogP contribution in [0.15, 0.2) is 129 Å². The van der Waals surface area contributed by atoms with Crippen molar-refractivity contribution in [2.45, 2.75) is 6.92 Å². The van der Waals surface area contributed by atoms with Crippen molar-refractivity contribution in [3.05, 3.63) is 142 Å². The Labute approximate surface area is 236 Å². The predicted octanol–water partition coefficient (Wildman–Crippen LogP) is 6.87. The summed E-state index contributed by atoms with van der Waals surface area (Å²) in [5, 5.41) is 10.0. The second-order valence-electron chi connectivity index (χ2n) is 9.20. The highest BCUT2D eigenvalue weighted by molar-refractivity contribution is 8.15. The highest BCUT2D eigenvalue weighted by atomic mass is 32.2. The van der Waals surface area contributed by atoms with Gasteiger partial charge in [0, 0.05) is 5.75 Å². The summed E-state index contributed by atoms with van der Waals surface area (Å²) >= 11 is 1.58. The van der Waals surface area contributed by atoms with Crippen molar-refractivity contribution in [2.24, 2.45) is 15.2 Å². The van der Waals surface area contributed by atoms with E-state index in [1.165, 1.54) is 0 Å². The number of thioether (sulfide) groups is 1. The van der Waals surface area contributed by atoms with Crippen molar-refractivity contribution in [3.63, 3.8) is 0 Å². The molecule has 1 aliphatic heterocycles. The van der Waals surface area contributed by atoms with Gasteiger partial charge >= 0.3 is 0 Å². The third-order valence-corrected chi connectivity index (χ3v) is 7.38. The zero-order valence-corrected chi connectivity index (χ0v) is 22.6. The van der Waals surface area contributed by atoms with Gasteiger partial charge in [-0.2, -0.15) is 5.10 Å². The third kappa shape index (κ3) is 5.46. The molecule has 0 bridgehead atoms. The average Bonchev–Trinajstić information content (AvgIpc) is 3.49. The molecule has 6 nitrogen and oxygen atoms in total. The lowest BCUT2D eigenvalue weighted by atomic mass is 10.1. The Kier molecular flexibility index (Phi) is 7.28. The van der Waals surface area contributed by atoms with Crippen molar-refractivity contribution >= 4 is 51.4 Å². The molecule has 7 heteroatoms. The molecule has 5 aromatic rings. The van der Waals surface area contributed by atoms with Gasteiger partial charge in [0.05, 0.1) is 28.0 Å². The fourth-order valence-corrected chi connectivity index (χ4v) is 5.19. The molecule has 0 atom stereocenters. The van der Waals surface area contributed by atoms with E-state index in [9.17, 15) is 4.79 Å². The molecule has 0 amide bonds. The maximum Gasteiger partial charge on any atom is 0.266 e. The van der Waals surface area contributed by atoms with Crippen LogP contribution in [0.5, 0.6) is 0 Å². The molecule has 0 aliphatic carbocycles. The monoisotopic (exact) mass is 539 g/mol. The van der Waals surface area contributed by atoms with E-state index < -0.39 is 0 Å². The highest BCUT2D eigenvalue weighted by Crippen LogP contribution is 2.20. The van der Waals surface area contributed by atoms with Gasteiger partial charge in [0.15, 0.2) is 0 Å². The summed E-state index contributed by atoms with van der Waals surface area (Å²) in [4.78, 5) is 23.0. The molecule has 0 fully saturated rings. The fourth-order valence-electron chi connectivity index (χ4n) is 4.42.